The van der Waals surface area contributed by atoms with Crippen LogP contribution in [-0.2, 0) is 14.3 Å². The number of rotatable bonds is 5. The molecular weight excluding hydrogens is 344 g/mol. The van der Waals surface area contributed by atoms with Gasteiger partial charge in [0.2, 0.25) is 6.41 Å². The Hall–Kier alpha value is -2.38. The Bertz CT molecular complexity index is 611. The number of hydrogen-bond donors (Lipinski definition) is 2. The standard InChI is InChI=1S/C15H20N4O2.C5H12O/c16-8-13(17)9-18-15(12-4-2-1-3-5-12)14-10-19(11-20)6-7-21-14;1-5(2,3)6-4/h1-5,8-9,11,14-15H,6-7,10,16-17H2;1-4H3/b13-8+,18-9?;. The summed E-state index contributed by atoms with van der Waals surface area (Å²) in [6.07, 6.45) is 3.47. The molecule has 1 aliphatic rings. The number of methoxy groups -OCH3 is 1. The van der Waals surface area contributed by atoms with Crippen LogP contribution in [0.15, 0.2) is 47.2 Å². The van der Waals surface area contributed by atoms with Crippen molar-refractivity contribution >= 4 is 12.6 Å². The van der Waals surface area contributed by atoms with Gasteiger partial charge in [0.15, 0.2) is 0 Å². The van der Waals surface area contributed by atoms with Crippen molar-refractivity contribution in [2.75, 3.05) is 26.8 Å². The third-order valence-electron chi connectivity index (χ3n) is 3.96. The van der Waals surface area contributed by atoms with Crippen molar-refractivity contribution in [3.8, 4) is 0 Å². The third-order valence-corrected chi connectivity index (χ3v) is 3.96. The van der Waals surface area contributed by atoms with Crippen LogP contribution in [0.1, 0.15) is 32.4 Å². The van der Waals surface area contributed by atoms with Crippen LogP contribution in [0.5, 0.6) is 0 Å². The number of amides is 1. The summed E-state index contributed by atoms with van der Waals surface area (Å²) in [5.41, 5.74) is 12.5. The Labute approximate surface area is 162 Å². The zero-order valence-corrected chi connectivity index (χ0v) is 16.7. The highest BCUT2D eigenvalue weighted by atomic mass is 16.5. The van der Waals surface area contributed by atoms with Gasteiger partial charge in [0.25, 0.3) is 0 Å². The molecule has 2 unspecified atom stereocenters. The summed E-state index contributed by atoms with van der Waals surface area (Å²) in [6, 6.07) is 9.56. The quantitative estimate of drug-likeness (QED) is 0.603. The summed E-state index contributed by atoms with van der Waals surface area (Å²) < 4.78 is 10.7. The normalized spacial score (nSPS) is 19.3. The summed E-state index contributed by atoms with van der Waals surface area (Å²) in [5, 5.41) is 0. The molecule has 1 aromatic rings. The smallest absolute Gasteiger partial charge is 0.209 e. The summed E-state index contributed by atoms with van der Waals surface area (Å²) in [5.74, 6) is 0. The molecule has 2 atom stereocenters. The number of allylic oxidation sites excluding steroid dienone is 1. The number of nitrogens with zero attached hydrogens (tertiary/aromatic N) is 2. The van der Waals surface area contributed by atoms with Gasteiger partial charge in [-0.25, -0.2) is 0 Å². The second kappa shape index (κ2) is 11.4. The van der Waals surface area contributed by atoms with E-state index in [0.29, 0.717) is 25.4 Å². The molecule has 1 saturated heterocycles. The highest BCUT2D eigenvalue weighted by Gasteiger charge is 2.28. The maximum absolute atomic E-state index is 11.0. The van der Waals surface area contributed by atoms with Gasteiger partial charge in [0, 0.05) is 32.6 Å². The first kappa shape index (κ1) is 22.7. The maximum Gasteiger partial charge on any atom is 0.209 e. The van der Waals surface area contributed by atoms with E-state index in [1.807, 2.05) is 51.1 Å². The van der Waals surface area contributed by atoms with Gasteiger partial charge in [-0.1, -0.05) is 30.3 Å². The highest BCUT2D eigenvalue weighted by molar-refractivity contribution is 5.77. The predicted octanol–water partition coefficient (Wildman–Crippen LogP) is 1.85. The molecular formula is C20H32N4O3. The lowest BCUT2D eigenvalue weighted by atomic mass is 10.0. The van der Waals surface area contributed by atoms with Crippen molar-refractivity contribution in [3.05, 3.63) is 47.8 Å². The molecule has 0 aliphatic carbocycles. The molecule has 0 saturated carbocycles. The minimum atomic E-state index is -0.229. The van der Waals surface area contributed by atoms with Crippen molar-refractivity contribution in [2.45, 2.75) is 38.5 Å². The number of nitrogens with two attached hydrogens (primary N) is 2. The Kier molecular flexibility index (Phi) is 9.53. The zero-order valence-electron chi connectivity index (χ0n) is 16.7. The lowest BCUT2D eigenvalue weighted by Gasteiger charge is -2.33. The van der Waals surface area contributed by atoms with Crippen LogP contribution in [0.4, 0.5) is 0 Å². The first-order valence-electron chi connectivity index (χ1n) is 8.92. The average Bonchev–Trinajstić information content (AvgIpc) is 2.69. The number of benzene rings is 1. The topological polar surface area (TPSA) is 103 Å². The molecule has 4 N–H and O–H groups in total. The van der Waals surface area contributed by atoms with Gasteiger partial charge in [0.1, 0.15) is 12.1 Å². The van der Waals surface area contributed by atoms with Crippen LogP contribution in [0.2, 0.25) is 0 Å². The minimum Gasteiger partial charge on any atom is -0.403 e. The van der Waals surface area contributed by atoms with E-state index in [-0.39, 0.29) is 17.7 Å². The summed E-state index contributed by atoms with van der Waals surface area (Å²) >= 11 is 0. The number of hydrogen-bond acceptors (Lipinski definition) is 6. The number of ether oxygens (including phenoxy) is 2. The molecule has 27 heavy (non-hydrogen) atoms. The van der Waals surface area contributed by atoms with Crippen molar-refractivity contribution < 1.29 is 14.3 Å². The molecule has 0 aromatic heterocycles. The molecule has 1 aliphatic heterocycles. The molecule has 7 nitrogen and oxygen atoms in total. The minimum absolute atomic E-state index is 0.0417. The molecule has 1 heterocycles. The van der Waals surface area contributed by atoms with Crippen LogP contribution in [0.3, 0.4) is 0 Å². The second-order valence-corrected chi connectivity index (χ2v) is 7.13. The molecule has 2 rings (SSSR count). The number of carbonyl (C=O) groups excluding carboxylic acids is 1. The van der Waals surface area contributed by atoms with Crippen LogP contribution in [-0.4, -0.2) is 56.0 Å². The Balaban J connectivity index is 0.000000527. The van der Waals surface area contributed by atoms with Gasteiger partial charge >= 0.3 is 0 Å². The van der Waals surface area contributed by atoms with E-state index in [2.05, 4.69) is 4.99 Å². The fraction of sp³-hybridized carbons (Fsp3) is 0.500. The SMILES string of the molecule is COC(C)(C)C.N/C=C(/N)C=NC(c1ccccc1)C1CN(C=O)CCO1. The molecule has 0 bridgehead atoms. The first-order valence-corrected chi connectivity index (χ1v) is 8.92. The molecule has 0 radical (unpaired) electrons. The van der Waals surface area contributed by atoms with E-state index in [1.165, 1.54) is 12.4 Å². The van der Waals surface area contributed by atoms with Gasteiger partial charge < -0.3 is 25.8 Å². The number of aliphatic imine (C=N–C) groups is 1. The lowest BCUT2D eigenvalue weighted by molar-refractivity contribution is -0.126. The van der Waals surface area contributed by atoms with Gasteiger partial charge in [-0.2, -0.15) is 0 Å². The summed E-state index contributed by atoms with van der Waals surface area (Å²) in [7, 11) is 1.71. The van der Waals surface area contributed by atoms with Crippen LogP contribution >= 0.6 is 0 Å². The van der Waals surface area contributed by atoms with Crippen LogP contribution in [0.25, 0.3) is 0 Å². The summed E-state index contributed by atoms with van der Waals surface area (Å²) in [4.78, 5) is 17.2. The van der Waals surface area contributed by atoms with E-state index in [4.69, 9.17) is 20.9 Å². The third kappa shape index (κ3) is 8.70. The largest absolute Gasteiger partial charge is 0.403 e. The summed E-state index contributed by atoms with van der Waals surface area (Å²) in [6.45, 7) is 7.68. The fourth-order valence-corrected chi connectivity index (χ4v) is 2.24. The van der Waals surface area contributed by atoms with Crippen LogP contribution in [0, 0.1) is 0 Å². The maximum atomic E-state index is 11.0. The van der Waals surface area contributed by atoms with Crippen molar-refractivity contribution in [1.82, 2.24) is 4.90 Å². The van der Waals surface area contributed by atoms with E-state index >= 15 is 0 Å². The van der Waals surface area contributed by atoms with Crippen molar-refractivity contribution in [1.29, 1.82) is 0 Å². The number of morpholine rings is 1. The Morgan fingerprint density at radius 2 is 2.00 bits per heavy atom. The van der Waals surface area contributed by atoms with E-state index in [0.717, 1.165) is 12.0 Å². The zero-order chi connectivity index (χ0) is 20.3. The van der Waals surface area contributed by atoms with E-state index in [1.54, 1.807) is 12.0 Å². The average molecular weight is 377 g/mol. The molecule has 1 amide bonds. The molecule has 1 aromatic carbocycles. The van der Waals surface area contributed by atoms with Crippen molar-refractivity contribution in [2.24, 2.45) is 16.5 Å². The van der Waals surface area contributed by atoms with Gasteiger partial charge in [-0.3, -0.25) is 9.79 Å². The fourth-order valence-electron chi connectivity index (χ4n) is 2.24. The molecule has 0 spiro atoms. The van der Waals surface area contributed by atoms with Gasteiger partial charge in [-0.05, 0) is 26.3 Å². The van der Waals surface area contributed by atoms with E-state index in [9.17, 15) is 4.79 Å². The van der Waals surface area contributed by atoms with Crippen LogP contribution < -0.4 is 11.5 Å². The molecule has 150 valence electrons. The Morgan fingerprint density at radius 3 is 2.52 bits per heavy atom. The second-order valence-electron chi connectivity index (χ2n) is 7.13. The highest BCUT2D eigenvalue weighted by Crippen LogP contribution is 2.25. The van der Waals surface area contributed by atoms with E-state index < -0.39 is 0 Å². The Morgan fingerprint density at radius 1 is 1.37 bits per heavy atom. The predicted molar refractivity (Wildman–Crippen MR) is 108 cm³/mol. The monoisotopic (exact) mass is 376 g/mol. The van der Waals surface area contributed by atoms with Crippen molar-refractivity contribution in [3.63, 3.8) is 0 Å². The van der Waals surface area contributed by atoms with Gasteiger partial charge in [0.05, 0.1) is 17.9 Å². The molecule has 7 heteroatoms. The first-order chi connectivity index (χ1) is 12.8. The number of carbonyl (C=O) groups is 1. The molecule has 1 fully saturated rings. The lowest BCUT2D eigenvalue weighted by Crippen LogP contribution is -2.44. The van der Waals surface area contributed by atoms with Gasteiger partial charge in [-0.15, -0.1) is 0 Å².